The van der Waals surface area contributed by atoms with Crippen molar-refractivity contribution in [1.29, 1.82) is 0 Å². The summed E-state index contributed by atoms with van der Waals surface area (Å²) in [7, 11) is 0. The maximum atomic E-state index is 14.8. The molecule has 6 aromatic heterocycles. The molecule has 0 aliphatic carbocycles. The Morgan fingerprint density at radius 3 is 0.791 bits per heavy atom. The third kappa shape index (κ3) is 15.4. The summed E-state index contributed by atoms with van der Waals surface area (Å²) in [5, 5.41) is 22.4. The molecule has 110 heavy (non-hydrogen) atoms. The SMILES string of the molecule is O=C(Cc1cccc(CC(=O)N[C@H]2C[C@H]3C(=O)Nc4cccc(n4)C(=O)N4CCC[C@H]4C(=O)Nc4cccc(n4)C(=O)N4CCC[C@H]4C(=O)Nc4cccc(n4)C(=O)N3C2)c1)N[C@H]1C[C@H]2C(=O)Nc3cccc(n3)C(=O)N3CCC[C@H]3C(=O)Nc3cccc(n3)C(=O)N3CCC[C@H]3C(=O)Nc3cccc(n3)C(=O)N2C1. The normalized spacial score (nSPS) is 23.4. The van der Waals surface area contributed by atoms with Gasteiger partial charge in [-0.15, -0.1) is 0 Å². The van der Waals surface area contributed by atoms with Crippen LogP contribution in [0.1, 0.15) is 138 Å². The smallest absolute Gasteiger partial charge is 0.273 e. The largest absolute Gasteiger partial charge is 0.351 e. The summed E-state index contributed by atoms with van der Waals surface area (Å²) in [5.41, 5.74) is 0.403. The fraction of sp³-hybridized carbons (Fsp3) is 0.342. The number of hydrogen-bond acceptors (Lipinski definition) is 20. The number of pyridine rings is 6. The maximum Gasteiger partial charge on any atom is 0.273 e. The molecule has 6 fully saturated rings. The van der Waals surface area contributed by atoms with Crippen molar-refractivity contribution in [2.24, 2.45) is 0 Å². The second kappa shape index (κ2) is 30.9. The Morgan fingerprint density at radius 2 is 0.536 bits per heavy atom. The van der Waals surface area contributed by atoms with E-state index in [2.05, 4.69) is 72.4 Å². The third-order valence-electron chi connectivity index (χ3n) is 20.8. The first-order valence-corrected chi connectivity index (χ1v) is 36.4. The van der Waals surface area contributed by atoms with Crippen molar-refractivity contribution in [3.05, 3.63) is 179 Å². The molecule has 8 aliphatic heterocycles. The van der Waals surface area contributed by atoms with Crippen molar-refractivity contribution in [2.45, 2.75) is 125 Å². The van der Waals surface area contributed by atoms with E-state index < -0.39 is 131 Å². The Hall–Kier alpha value is -13.3. The van der Waals surface area contributed by atoms with Crippen molar-refractivity contribution in [3.8, 4) is 0 Å². The van der Waals surface area contributed by atoms with Gasteiger partial charge in [0.2, 0.25) is 47.3 Å². The zero-order valence-corrected chi connectivity index (χ0v) is 59.1. The van der Waals surface area contributed by atoms with Gasteiger partial charge in [-0.3, -0.25) is 67.1 Å². The number of aromatic nitrogens is 6. The summed E-state index contributed by atoms with van der Waals surface area (Å²) in [6.07, 6.45) is 2.49. The highest BCUT2D eigenvalue weighted by Gasteiger charge is 2.46. The van der Waals surface area contributed by atoms with Crippen LogP contribution in [0.25, 0.3) is 0 Å². The fourth-order valence-electron chi connectivity index (χ4n) is 15.6. The number of amides is 14. The molecule has 34 heteroatoms. The van der Waals surface area contributed by atoms with Crippen molar-refractivity contribution < 1.29 is 67.1 Å². The Morgan fingerprint density at radius 1 is 0.309 bits per heavy atom. The number of anilines is 6. The van der Waals surface area contributed by atoms with E-state index in [-0.39, 0.29) is 134 Å². The molecule has 12 bridgehead atoms. The van der Waals surface area contributed by atoms with Gasteiger partial charge in [-0.25, -0.2) is 29.9 Å². The van der Waals surface area contributed by atoms with Gasteiger partial charge in [0.25, 0.3) is 35.4 Å². The van der Waals surface area contributed by atoms with Crippen LogP contribution in [0.5, 0.6) is 0 Å². The van der Waals surface area contributed by atoms with Crippen molar-refractivity contribution in [1.82, 2.24) is 69.9 Å². The van der Waals surface area contributed by atoms with Gasteiger partial charge in [0.05, 0.1) is 12.8 Å². The highest BCUT2D eigenvalue weighted by Crippen LogP contribution is 2.31. The van der Waals surface area contributed by atoms with E-state index in [1.165, 1.54) is 126 Å². The van der Waals surface area contributed by atoms with E-state index in [0.717, 1.165) is 0 Å². The molecule has 14 heterocycles. The van der Waals surface area contributed by atoms with Crippen LogP contribution in [0.3, 0.4) is 0 Å². The lowest BCUT2D eigenvalue weighted by molar-refractivity contribution is -0.122. The Kier molecular flexibility index (Phi) is 20.3. The number of carbonyl (C=O) groups excluding carboxylic acids is 14. The number of carbonyl (C=O) groups is 14. The predicted molar refractivity (Wildman–Crippen MR) is 390 cm³/mol. The second-order valence-electron chi connectivity index (χ2n) is 28.1. The molecule has 0 spiro atoms. The molecule has 8 atom stereocenters. The minimum atomic E-state index is -1.27. The predicted octanol–water partition coefficient (Wildman–Crippen LogP) is 2.82. The second-order valence-corrected chi connectivity index (χ2v) is 28.1. The van der Waals surface area contributed by atoms with Crippen LogP contribution in [0, 0.1) is 0 Å². The van der Waals surface area contributed by atoms with E-state index in [1.54, 1.807) is 36.4 Å². The average molecular weight is 1490 g/mol. The summed E-state index contributed by atoms with van der Waals surface area (Å²) in [5.74, 6) is -8.57. The molecule has 562 valence electrons. The lowest BCUT2D eigenvalue weighted by atomic mass is 10.0. The summed E-state index contributed by atoms with van der Waals surface area (Å²) < 4.78 is 0. The van der Waals surface area contributed by atoms with E-state index in [1.807, 2.05) is 0 Å². The van der Waals surface area contributed by atoms with E-state index in [4.69, 9.17) is 0 Å². The molecule has 8 N–H and O–H groups in total. The first kappa shape index (κ1) is 72.3. The topological polar surface area (TPSA) is 432 Å². The highest BCUT2D eigenvalue weighted by atomic mass is 16.2. The zero-order valence-electron chi connectivity index (χ0n) is 59.1. The maximum absolute atomic E-state index is 14.8. The Balaban J connectivity index is 0.634. The number of hydrogen-bond donors (Lipinski definition) is 8. The highest BCUT2D eigenvalue weighted by molar-refractivity contribution is 6.07. The minimum Gasteiger partial charge on any atom is -0.351 e. The van der Waals surface area contributed by atoms with Gasteiger partial charge >= 0.3 is 0 Å². The standard InChI is InChI=1S/C76H74N20O14/c97-63(77-43-37-55-69(103)89-61-28-4-16-47(81-61)73(107)93-32-8-20-51(93)65(99)85-57-24-2-14-45(79-57)71(105)91-30-10-22-53(91)67(101)87-59-26-6-18-49(83-59)75(109)95(55)39-43)35-41-12-1-13-42(34-41)36-64(98)78-44-38-56-70(104)90-62-29-5-17-48(82-62)74(108)94-33-9-21-52(94)66(100)86-58-25-3-15-46(80-58)72(106)92-31-11-23-54(92)68(102)88-60-27-7-19-50(84-60)76(110)96(56)40-44/h1-7,12-19,24-29,34,43-44,51-56H,8-11,20-23,30-33,35-40H2,(H,77,97)(H,78,98)(H,79,85,99)(H,80,86,100)(H,81,89,103)(H,82,90,104)(H,83,87,101)(H,84,88,102)/t43-,44-,51-,52-,53-,54-,55-,56-/m0/s1. The van der Waals surface area contributed by atoms with Crippen molar-refractivity contribution in [2.75, 3.05) is 71.2 Å². The van der Waals surface area contributed by atoms with Crippen LogP contribution >= 0.6 is 0 Å². The molecule has 1 aromatic carbocycles. The molecule has 6 saturated heterocycles. The Labute approximate surface area is 627 Å². The van der Waals surface area contributed by atoms with Crippen LogP contribution in [-0.4, -0.2) is 230 Å². The molecule has 8 aliphatic rings. The summed E-state index contributed by atoms with van der Waals surface area (Å²) in [6, 6.07) is 25.2. The van der Waals surface area contributed by atoms with Crippen LogP contribution in [0.15, 0.2) is 133 Å². The van der Waals surface area contributed by atoms with Gasteiger partial charge in [-0.1, -0.05) is 60.7 Å². The lowest BCUT2D eigenvalue weighted by Gasteiger charge is -2.25. The van der Waals surface area contributed by atoms with Crippen molar-refractivity contribution >= 4 is 118 Å². The molecular weight excluding hydrogens is 1420 g/mol. The zero-order chi connectivity index (χ0) is 76.4. The molecule has 0 radical (unpaired) electrons. The van der Waals surface area contributed by atoms with Gasteiger partial charge in [0, 0.05) is 51.4 Å². The third-order valence-corrected chi connectivity index (χ3v) is 20.8. The molecule has 0 unspecified atom stereocenters. The molecule has 14 amide bonds. The minimum absolute atomic E-state index is 0.0242. The number of benzene rings is 1. The summed E-state index contributed by atoms with van der Waals surface area (Å²) in [4.78, 5) is 234. The molecule has 0 saturated carbocycles. The number of nitrogens with zero attached hydrogens (tertiary/aromatic N) is 12. The molecule has 15 rings (SSSR count). The molecule has 34 nitrogen and oxygen atoms in total. The summed E-state index contributed by atoms with van der Waals surface area (Å²) in [6.45, 7) is 0.468. The van der Waals surface area contributed by atoms with Gasteiger partial charge in [-0.2, -0.15) is 0 Å². The van der Waals surface area contributed by atoms with Crippen molar-refractivity contribution in [3.63, 3.8) is 0 Å². The van der Waals surface area contributed by atoms with Crippen LogP contribution in [0.2, 0.25) is 0 Å². The molecule has 7 aromatic rings. The molecular formula is C76H74N20O14. The van der Waals surface area contributed by atoms with Crippen LogP contribution < -0.4 is 42.5 Å². The van der Waals surface area contributed by atoms with Crippen LogP contribution in [0.4, 0.5) is 34.9 Å². The monoisotopic (exact) mass is 1490 g/mol. The Bertz CT molecular complexity index is 4680. The number of rotatable bonds is 6. The summed E-state index contributed by atoms with van der Waals surface area (Å²) >= 11 is 0. The number of nitrogens with one attached hydrogen (secondary N) is 8. The van der Waals surface area contributed by atoms with Gasteiger partial charge in [0.15, 0.2) is 0 Å². The van der Waals surface area contributed by atoms with E-state index in [9.17, 15) is 67.1 Å². The first-order chi connectivity index (χ1) is 53.2. The van der Waals surface area contributed by atoms with Crippen LogP contribution in [-0.2, 0) is 51.2 Å². The van der Waals surface area contributed by atoms with Gasteiger partial charge in [0.1, 0.15) is 105 Å². The van der Waals surface area contributed by atoms with E-state index in [0.29, 0.717) is 62.5 Å². The van der Waals surface area contributed by atoms with Gasteiger partial charge in [-0.05, 0) is 148 Å². The fourth-order valence-corrected chi connectivity index (χ4v) is 15.6. The number of fused-ring (bicyclic) bond motifs is 18. The first-order valence-electron chi connectivity index (χ1n) is 36.4. The van der Waals surface area contributed by atoms with Gasteiger partial charge < -0.3 is 71.9 Å². The quantitative estimate of drug-likeness (QED) is 0.119. The average Bonchev–Trinajstić information content (AvgIpc) is 1.65. The van der Waals surface area contributed by atoms with E-state index >= 15 is 0 Å². The lowest BCUT2D eigenvalue weighted by Crippen LogP contribution is -2.45.